The first-order valence-electron chi connectivity index (χ1n) is 6.85. The number of hydrogen-bond acceptors (Lipinski definition) is 1. The fourth-order valence-electron chi connectivity index (χ4n) is 2.28. The van der Waals surface area contributed by atoms with Gasteiger partial charge >= 0.3 is 0 Å². The van der Waals surface area contributed by atoms with Gasteiger partial charge in [0.15, 0.2) is 0 Å². The van der Waals surface area contributed by atoms with Gasteiger partial charge in [-0.25, -0.2) is 0 Å². The summed E-state index contributed by atoms with van der Waals surface area (Å²) in [6.45, 7) is 7.45. The van der Waals surface area contributed by atoms with Crippen molar-refractivity contribution in [2.24, 2.45) is 5.92 Å². The summed E-state index contributed by atoms with van der Waals surface area (Å²) in [5, 5.41) is 2.64. The highest BCUT2D eigenvalue weighted by Gasteiger charge is 2.10. The van der Waals surface area contributed by atoms with Crippen LogP contribution in [0.25, 0.3) is 10.8 Å². The van der Waals surface area contributed by atoms with Crippen LogP contribution in [0.3, 0.4) is 0 Å². The predicted octanol–water partition coefficient (Wildman–Crippen LogP) is 4.83. The van der Waals surface area contributed by atoms with E-state index in [1.165, 1.54) is 16.3 Å². The molecule has 0 aliphatic carbocycles. The third kappa shape index (κ3) is 2.84. The van der Waals surface area contributed by atoms with E-state index >= 15 is 0 Å². The van der Waals surface area contributed by atoms with Gasteiger partial charge in [0, 0.05) is 5.56 Å². The Balaban J connectivity index is 2.48. The van der Waals surface area contributed by atoms with E-state index in [0.29, 0.717) is 5.92 Å². The Hall–Kier alpha value is -1.50. The highest BCUT2D eigenvalue weighted by molar-refractivity contribution is 5.87. The lowest BCUT2D eigenvalue weighted by atomic mass is 9.96. The minimum absolute atomic E-state index is 0.639. The molecule has 0 aromatic heterocycles. The van der Waals surface area contributed by atoms with Crippen molar-refractivity contribution in [2.75, 3.05) is 6.61 Å². The Morgan fingerprint density at radius 2 is 1.83 bits per heavy atom. The van der Waals surface area contributed by atoms with E-state index in [1.54, 1.807) is 0 Å². The molecule has 0 bridgehead atoms. The zero-order valence-corrected chi connectivity index (χ0v) is 11.6. The summed E-state index contributed by atoms with van der Waals surface area (Å²) in [6.07, 6.45) is 2.12. The van der Waals surface area contributed by atoms with E-state index in [1.807, 2.05) is 0 Å². The van der Waals surface area contributed by atoms with E-state index in [9.17, 15) is 0 Å². The second-order valence-electron chi connectivity index (χ2n) is 5.21. The molecule has 0 amide bonds. The normalized spacial score (nSPS) is 11.1. The first kappa shape index (κ1) is 12.9. The highest BCUT2D eigenvalue weighted by atomic mass is 16.5. The van der Waals surface area contributed by atoms with Crippen molar-refractivity contribution in [2.45, 2.75) is 33.6 Å². The molecule has 0 N–H and O–H groups in total. The van der Waals surface area contributed by atoms with Gasteiger partial charge in [0.2, 0.25) is 0 Å². The van der Waals surface area contributed by atoms with E-state index in [4.69, 9.17) is 4.74 Å². The molecule has 0 unspecified atom stereocenters. The molecule has 0 saturated carbocycles. The molecule has 0 radical (unpaired) electrons. The predicted molar refractivity (Wildman–Crippen MR) is 78.3 cm³/mol. The SMILES string of the molecule is CCCOc1ccc2ccccc2c1CC(C)C. The lowest BCUT2D eigenvalue weighted by Crippen LogP contribution is -2.02. The number of hydrogen-bond donors (Lipinski definition) is 0. The van der Waals surface area contributed by atoms with Crippen molar-refractivity contribution in [3.05, 3.63) is 42.0 Å². The van der Waals surface area contributed by atoms with Crippen LogP contribution in [0.4, 0.5) is 0 Å². The van der Waals surface area contributed by atoms with Crippen molar-refractivity contribution in [3.63, 3.8) is 0 Å². The fourth-order valence-corrected chi connectivity index (χ4v) is 2.28. The minimum Gasteiger partial charge on any atom is -0.493 e. The Kier molecular flexibility index (Phi) is 4.24. The third-order valence-electron chi connectivity index (χ3n) is 3.07. The van der Waals surface area contributed by atoms with Crippen LogP contribution in [0.1, 0.15) is 32.8 Å². The van der Waals surface area contributed by atoms with Gasteiger partial charge in [-0.2, -0.15) is 0 Å². The zero-order valence-electron chi connectivity index (χ0n) is 11.6. The topological polar surface area (TPSA) is 9.23 Å². The van der Waals surface area contributed by atoms with Gasteiger partial charge in [-0.1, -0.05) is 51.1 Å². The average Bonchev–Trinajstić information content (AvgIpc) is 2.37. The maximum absolute atomic E-state index is 5.90. The molecule has 2 rings (SSSR count). The molecule has 1 nitrogen and oxygen atoms in total. The van der Waals surface area contributed by atoms with Crippen molar-refractivity contribution >= 4 is 10.8 Å². The van der Waals surface area contributed by atoms with Gasteiger partial charge in [0.1, 0.15) is 5.75 Å². The molecular weight excluding hydrogens is 220 g/mol. The van der Waals surface area contributed by atoms with E-state index in [2.05, 4.69) is 57.2 Å². The molecule has 0 atom stereocenters. The van der Waals surface area contributed by atoms with Crippen molar-refractivity contribution < 1.29 is 4.74 Å². The molecule has 1 heteroatoms. The number of rotatable bonds is 5. The first-order valence-corrected chi connectivity index (χ1v) is 6.85. The molecule has 0 saturated heterocycles. The van der Waals surface area contributed by atoms with Gasteiger partial charge in [-0.15, -0.1) is 0 Å². The summed E-state index contributed by atoms with van der Waals surface area (Å²) in [6, 6.07) is 12.8. The van der Waals surface area contributed by atoms with Crippen LogP contribution in [-0.4, -0.2) is 6.61 Å². The smallest absolute Gasteiger partial charge is 0.123 e. The van der Waals surface area contributed by atoms with Gasteiger partial charge in [0.05, 0.1) is 6.61 Å². The van der Waals surface area contributed by atoms with Crippen LogP contribution in [0, 0.1) is 5.92 Å². The van der Waals surface area contributed by atoms with Gasteiger partial charge in [0.25, 0.3) is 0 Å². The van der Waals surface area contributed by atoms with Gasteiger partial charge in [-0.05, 0) is 35.6 Å². The average molecular weight is 242 g/mol. The number of ether oxygens (including phenoxy) is 1. The molecule has 0 aliphatic rings. The Morgan fingerprint density at radius 3 is 2.56 bits per heavy atom. The Bertz CT molecular complexity index is 514. The van der Waals surface area contributed by atoms with E-state index in [-0.39, 0.29) is 0 Å². The Morgan fingerprint density at radius 1 is 1.06 bits per heavy atom. The van der Waals surface area contributed by atoms with Gasteiger partial charge < -0.3 is 4.74 Å². The summed E-state index contributed by atoms with van der Waals surface area (Å²) in [5.74, 6) is 1.70. The maximum Gasteiger partial charge on any atom is 0.123 e. The number of benzene rings is 2. The largest absolute Gasteiger partial charge is 0.493 e. The van der Waals surface area contributed by atoms with Crippen LogP contribution in [0.2, 0.25) is 0 Å². The molecule has 0 fully saturated rings. The lowest BCUT2D eigenvalue weighted by Gasteiger charge is -2.15. The molecule has 18 heavy (non-hydrogen) atoms. The van der Waals surface area contributed by atoms with Crippen LogP contribution in [0.5, 0.6) is 5.75 Å². The third-order valence-corrected chi connectivity index (χ3v) is 3.07. The maximum atomic E-state index is 5.90. The standard InChI is InChI=1S/C17H22O/c1-4-11-18-17-10-9-14-7-5-6-8-15(14)16(17)12-13(2)3/h5-10,13H,4,11-12H2,1-3H3. The monoisotopic (exact) mass is 242 g/mol. The van der Waals surface area contributed by atoms with Crippen molar-refractivity contribution in [1.82, 2.24) is 0 Å². The van der Waals surface area contributed by atoms with E-state index in [0.717, 1.165) is 25.2 Å². The van der Waals surface area contributed by atoms with Gasteiger partial charge in [-0.3, -0.25) is 0 Å². The van der Waals surface area contributed by atoms with Crippen molar-refractivity contribution in [3.8, 4) is 5.75 Å². The summed E-state index contributed by atoms with van der Waals surface area (Å²) >= 11 is 0. The first-order chi connectivity index (χ1) is 8.72. The molecule has 2 aromatic carbocycles. The molecule has 0 heterocycles. The quantitative estimate of drug-likeness (QED) is 0.730. The number of fused-ring (bicyclic) bond motifs is 1. The van der Waals surface area contributed by atoms with Crippen LogP contribution < -0.4 is 4.74 Å². The minimum atomic E-state index is 0.639. The lowest BCUT2D eigenvalue weighted by molar-refractivity contribution is 0.313. The summed E-state index contributed by atoms with van der Waals surface area (Å²) < 4.78 is 5.90. The van der Waals surface area contributed by atoms with Crippen LogP contribution >= 0.6 is 0 Å². The molecule has 0 aliphatic heterocycles. The summed E-state index contributed by atoms with van der Waals surface area (Å²) in [5.41, 5.74) is 1.36. The fraction of sp³-hybridized carbons (Fsp3) is 0.412. The zero-order chi connectivity index (χ0) is 13.0. The second kappa shape index (κ2) is 5.90. The molecule has 96 valence electrons. The van der Waals surface area contributed by atoms with E-state index < -0.39 is 0 Å². The molecule has 2 aromatic rings. The highest BCUT2D eigenvalue weighted by Crippen LogP contribution is 2.30. The summed E-state index contributed by atoms with van der Waals surface area (Å²) in [4.78, 5) is 0. The second-order valence-corrected chi connectivity index (χ2v) is 5.21. The van der Waals surface area contributed by atoms with Crippen molar-refractivity contribution in [1.29, 1.82) is 0 Å². The van der Waals surface area contributed by atoms with Crippen LogP contribution in [-0.2, 0) is 6.42 Å². The van der Waals surface area contributed by atoms with Crippen LogP contribution in [0.15, 0.2) is 36.4 Å². The Labute approximate surface area is 110 Å². The summed E-state index contributed by atoms with van der Waals surface area (Å²) in [7, 11) is 0. The molecule has 0 spiro atoms. The molecular formula is C17H22O.